The predicted molar refractivity (Wildman–Crippen MR) is 90.2 cm³/mol. The third-order valence-electron chi connectivity index (χ3n) is 3.03. The highest BCUT2D eigenvalue weighted by Gasteiger charge is 2.10. The first kappa shape index (κ1) is 15.7. The van der Waals surface area contributed by atoms with Crippen LogP contribution >= 0.6 is 15.9 Å². The summed E-state index contributed by atoms with van der Waals surface area (Å²) in [6, 6.07) is 5.91. The molecule has 114 valence electrons. The number of hydrogen-bond acceptors (Lipinski definition) is 5. The van der Waals surface area contributed by atoms with E-state index in [9.17, 15) is 0 Å². The summed E-state index contributed by atoms with van der Waals surface area (Å²) in [6.07, 6.45) is 2.15. The van der Waals surface area contributed by atoms with Gasteiger partial charge in [0, 0.05) is 16.6 Å². The SMILES string of the molecule is C=C(NNC1=NCCN1)c1cc(Br)ccc1OCCCC. The van der Waals surface area contributed by atoms with Gasteiger partial charge in [0.15, 0.2) is 0 Å². The third-order valence-corrected chi connectivity index (χ3v) is 3.52. The maximum atomic E-state index is 5.83. The molecule has 2 rings (SSSR count). The van der Waals surface area contributed by atoms with Gasteiger partial charge in [0.1, 0.15) is 5.75 Å². The van der Waals surface area contributed by atoms with E-state index >= 15 is 0 Å². The first-order chi connectivity index (χ1) is 10.2. The van der Waals surface area contributed by atoms with Crippen LogP contribution in [-0.2, 0) is 0 Å². The summed E-state index contributed by atoms with van der Waals surface area (Å²) in [5, 5.41) is 3.13. The maximum absolute atomic E-state index is 5.83. The molecule has 6 heteroatoms. The summed E-state index contributed by atoms with van der Waals surface area (Å²) in [7, 11) is 0. The second kappa shape index (κ2) is 7.93. The minimum Gasteiger partial charge on any atom is -0.493 e. The second-order valence-electron chi connectivity index (χ2n) is 4.73. The van der Waals surface area contributed by atoms with Crippen LogP contribution in [0.15, 0.2) is 34.2 Å². The Labute approximate surface area is 134 Å². The number of guanidine groups is 1. The van der Waals surface area contributed by atoms with Gasteiger partial charge in [0.05, 0.1) is 18.8 Å². The van der Waals surface area contributed by atoms with Crippen molar-refractivity contribution in [2.24, 2.45) is 4.99 Å². The number of halogens is 1. The molecular weight excluding hydrogens is 332 g/mol. The van der Waals surface area contributed by atoms with Gasteiger partial charge in [-0.15, -0.1) is 0 Å². The van der Waals surface area contributed by atoms with Crippen LogP contribution in [0.1, 0.15) is 25.3 Å². The third kappa shape index (κ3) is 4.67. The van der Waals surface area contributed by atoms with E-state index in [4.69, 9.17) is 4.74 Å². The molecule has 1 aromatic carbocycles. The molecule has 0 fully saturated rings. The number of nitrogens with one attached hydrogen (secondary N) is 3. The van der Waals surface area contributed by atoms with Crippen LogP contribution in [0.5, 0.6) is 5.75 Å². The highest BCUT2D eigenvalue weighted by molar-refractivity contribution is 9.10. The average molecular weight is 353 g/mol. The molecule has 0 saturated carbocycles. The molecule has 1 aromatic rings. The zero-order valence-corrected chi connectivity index (χ0v) is 13.8. The van der Waals surface area contributed by atoms with Crippen LogP contribution in [-0.4, -0.2) is 25.7 Å². The fourth-order valence-electron chi connectivity index (χ4n) is 1.87. The molecule has 0 amide bonds. The van der Waals surface area contributed by atoms with E-state index in [0.717, 1.165) is 53.4 Å². The van der Waals surface area contributed by atoms with Gasteiger partial charge in [0.25, 0.3) is 0 Å². The van der Waals surface area contributed by atoms with Crippen molar-refractivity contribution >= 4 is 27.6 Å². The molecule has 1 aliphatic heterocycles. The van der Waals surface area contributed by atoms with Crippen LogP contribution in [0.25, 0.3) is 5.70 Å². The molecule has 0 aromatic heterocycles. The van der Waals surface area contributed by atoms with Crippen LogP contribution in [0.2, 0.25) is 0 Å². The van der Waals surface area contributed by atoms with E-state index in [0.29, 0.717) is 6.61 Å². The van der Waals surface area contributed by atoms with Crippen molar-refractivity contribution in [1.82, 2.24) is 16.2 Å². The van der Waals surface area contributed by atoms with Crippen molar-refractivity contribution < 1.29 is 4.74 Å². The topological polar surface area (TPSA) is 57.7 Å². The van der Waals surface area contributed by atoms with Gasteiger partial charge in [0.2, 0.25) is 5.96 Å². The fourth-order valence-corrected chi connectivity index (χ4v) is 2.24. The summed E-state index contributed by atoms with van der Waals surface area (Å²) in [4.78, 5) is 4.25. The average Bonchev–Trinajstić information content (AvgIpc) is 3.00. The number of hydrazine groups is 1. The standard InChI is InChI=1S/C15H21BrN4O/c1-3-4-9-21-14-6-5-12(16)10-13(14)11(2)19-20-15-17-7-8-18-15/h5-6,10,19H,2-4,7-9H2,1H3,(H2,17,18,20). The minimum absolute atomic E-state index is 0.708. The monoisotopic (exact) mass is 352 g/mol. The summed E-state index contributed by atoms with van der Waals surface area (Å²) in [5.41, 5.74) is 7.73. The molecular formula is C15H21BrN4O. The molecule has 0 bridgehead atoms. The lowest BCUT2D eigenvalue weighted by Gasteiger charge is -2.16. The molecule has 3 N–H and O–H groups in total. The van der Waals surface area contributed by atoms with Crippen molar-refractivity contribution in [2.45, 2.75) is 19.8 Å². The van der Waals surface area contributed by atoms with Gasteiger partial charge in [-0.25, -0.2) is 0 Å². The van der Waals surface area contributed by atoms with Crippen LogP contribution in [0.4, 0.5) is 0 Å². The molecule has 5 nitrogen and oxygen atoms in total. The lowest BCUT2D eigenvalue weighted by molar-refractivity contribution is 0.308. The van der Waals surface area contributed by atoms with E-state index in [2.05, 4.69) is 50.6 Å². The van der Waals surface area contributed by atoms with Crippen LogP contribution in [0, 0.1) is 0 Å². The normalized spacial score (nSPS) is 13.3. The van der Waals surface area contributed by atoms with Crippen LogP contribution in [0.3, 0.4) is 0 Å². The minimum atomic E-state index is 0.708. The zero-order chi connectivity index (χ0) is 15.1. The van der Waals surface area contributed by atoms with Crippen molar-refractivity contribution in [3.05, 3.63) is 34.8 Å². The van der Waals surface area contributed by atoms with Crippen molar-refractivity contribution in [3.63, 3.8) is 0 Å². The molecule has 0 spiro atoms. The molecule has 0 atom stereocenters. The number of nitrogens with zero attached hydrogens (tertiary/aromatic N) is 1. The highest BCUT2D eigenvalue weighted by atomic mass is 79.9. The fraction of sp³-hybridized carbons (Fsp3) is 0.400. The van der Waals surface area contributed by atoms with E-state index in [-0.39, 0.29) is 0 Å². The Kier molecular flexibility index (Phi) is 5.92. The largest absolute Gasteiger partial charge is 0.493 e. The Morgan fingerprint density at radius 1 is 1.52 bits per heavy atom. The van der Waals surface area contributed by atoms with Gasteiger partial charge in [-0.2, -0.15) is 0 Å². The van der Waals surface area contributed by atoms with E-state index in [1.165, 1.54) is 0 Å². The maximum Gasteiger partial charge on any atom is 0.210 e. The lowest BCUT2D eigenvalue weighted by Crippen LogP contribution is -2.42. The molecule has 0 radical (unpaired) electrons. The summed E-state index contributed by atoms with van der Waals surface area (Å²) >= 11 is 3.48. The van der Waals surface area contributed by atoms with Gasteiger partial charge in [-0.3, -0.25) is 15.8 Å². The van der Waals surface area contributed by atoms with Crippen molar-refractivity contribution in [1.29, 1.82) is 0 Å². The molecule has 0 unspecified atom stereocenters. The second-order valence-corrected chi connectivity index (χ2v) is 5.64. The Morgan fingerprint density at radius 3 is 3.10 bits per heavy atom. The van der Waals surface area contributed by atoms with Gasteiger partial charge < -0.3 is 10.1 Å². The first-order valence-corrected chi connectivity index (χ1v) is 7.92. The van der Waals surface area contributed by atoms with Gasteiger partial charge in [-0.1, -0.05) is 35.9 Å². The van der Waals surface area contributed by atoms with E-state index < -0.39 is 0 Å². The highest BCUT2D eigenvalue weighted by Crippen LogP contribution is 2.27. The summed E-state index contributed by atoms with van der Waals surface area (Å²) < 4.78 is 6.82. The molecule has 0 aliphatic carbocycles. The molecule has 1 heterocycles. The Balaban J connectivity index is 2.01. The Hall–Kier alpha value is -1.69. The van der Waals surface area contributed by atoms with Gasteiger partial charge in [-0.05, 0) is 24.6 Å². The van der Waals surface area contributed by atoms with E-state index in [1.807, 2.05) is 18.2 Å². The summed E-state index contributed by atoms with van der Waals surface area (Å²) in [5.74, 6) is 1.56. The number of ether oxygens (including phenoxy) is 1. The number of hydrogen-bond donors (Lipinski definition) is 3. The van der Waals surface area contributed by atoms with Crippen molar-refractivity contribution in [2.75, 3.05) is 19.7 Å². The smallest absolute Gasteiger partial charge is 0.210 e. The first-order valence-electron chi connectivity index (χ1n) is 7.12. The molecule has 0 saturated heterocycles. The number of benzene rings is 1. The zero-order valence-electron chi connectivity index (χ0n) is 12.2. The van der Waals surface area contributed by atoms with Crippen LogP contribution < -0.4 is 20.9 Å². The predicted octanol–water partition coefficient (Wildman–Crippen LogP) is 2.65. The number of unbranched alkanes of at least 4 members (excludes halogenated alkanes) is 1. The summed E-state index contributed by atoms with van der Waals surface area (Å²) in [6.45, 7) is 8.56. The number of aliphatic imine (C=N–C) groups is 1. The Morgan fingerprint density at radius 2 is 2.38 bits per heavy atom. The van der Waals surface area contributed by atoms with Gasteiger partial charge >= 0.3 is 0 Å². The quantitative estimate of drug-likeness (QED) is 0.521. The lowest BCUT2D eigenvalue weighted by atomic mass is 10.1. The Bertz CT molecular complexity index is 530. The molecule has 1 aliphatic rings. The molecule has 21 heavy (non-hydrogen) atoms. The van der Waals surface area contributed by atoms with E-state index in [1.54, 1.807) is 0 Å². The number of rotatable bonds is 7. The van der Waals surface area contributed by atoms with Crippen molar-refractivity contribution in [3.8, 4) is 5.75 Å².